The second kappa shape index (κ2) is 6.41. The molecule has 0 aliphatic heterocycles. The van der Waals surface area contributed by atoms with Gasteiger partial charge in [0.1, 0.15) is 7.22 Å². The molecule has 1 aromatic rings. The third-order valence-electron chi connectivity index (χ3n) is 2.23. The molecular weight excluding hydrogens is 242 g/mol. The maximum Gasteiger partial charge on any atom is 0.108 e. The van der Waals surface area contributed by atoms with Crippen LogP contribution in [0.4, 0.5) is 5.69 Å². The number of hydrogen-bond acceptors (Lipinski definition) is 2. The lowest BCUT2D eigenvalue weighted by molar-refractivity contribution is 1.04. The zero-order valence-electron chi connectivity index (χ0n) is 11.5. The van der Waals surface area contributed by atoms with Gasteiger partial charge in [-0.05, 0) is 31.0 Å². The van der Waals surface area contributed by atoms with Crippen LogP contribution in [0, 0.1) is 6.92 Å². The Kier molecular flexibility index (Phi) is 5.47. The molecule has 0 radical (unpaired) electrons. The summed E-state index contributed by atoms with van der Waals surface area (Å²) in [6, 6.07) is 8.33. The Labute approximate surface area is 110 Å². The molecule has 1 nitrogen and oxygen atoms in total. The molecule has 1 aromatic carbocycles. The normalized spacial score (nSPS) is 14.2. The van der Waals surface area contributed by atoms with Crippen LogP contribution in [0.3, 0.4) is 0 Å². The van der Waals surface area contributed by atoms with Crippen molar-refractivity contribution in [1.29, 1.82) is 0 Å². The van der Waals surface area contributed by atoms with Gasteiger partial charge in [0.15, 0.2) is 0 Å². The van der Waals surface area contributed by atoms with Gasteiger partial charge in [-0.2, -0.15) is 11.2 Å². The van der Waals surface area contributed by atoms with E-state index in [9.17, 15) is 0 Å². The van der Waals surface area contributed by atoms with Crippen molar-refractivity contribution in [2.45, 2.75) is 45.2 Å². The quantitative estimate of drug-likeness (QED) is 0.536. The first kappa shape index (κ1) is 14.5. The fraction of sp³-hybridized carbons (Fsp3) is 0.500. The topological polar surface area (TPSA) is 12.4 Å². The minimum atomic E-state index is -1.00. The van der Waals surface area contributed by atoms with Crippen LogP contribution in [0.1, 0.15) is 18.9 Å². The van der Waals surface area contributed by atoms with E-state index in [1.807, 2.05) is 0 Å². The second-order valence-corrected chi connectivity index (χ2v) is 15.1. The highest BCUT2D eigenvalue weighted by atomic mass is 32.4. The molecule has 0 aromatic heterocycles. The van der Waals surface area contributed by atoms with Gasteiger partial charge in [-0.15, -0.1) is 0 Å². The number of aliphatic imine (C=N–C) groups is 1. The van der Waals surface area contributed by atoms with E-state index in [1.165, 1.54) is 5.56 Å². The number of nitrogens with zero attached hydrogens (tertiary/aromatic N) is 1. The molecule has 0 saturated carbocycles. The van der Waals surface area contributed by atoms with Crippen LogP contribution in [-0.4, -0.2) is 18.7 Å². The van der Waals surface area contributed by atoms with Crippen LogP contribution < -0.4 is 0 Å². The predicted molar refractivity (Wildman–Crippen MR) is 84.3 cm³/mol. The highest BCUT2D eigenvalue weighted by Crippen LogP contribution is 2.26. The van der Waals surface area contributed by atoms with Gasteiger partial charge in [0, 0.05) is 11.5 Å². The molecule has 0 aliphatic carbocycles. The Morgan fingerprint density at radius 1 is 1.35 bits per heavy atom. The van der Waals surface area contributed by atoms with Gasteiger partial charge in [-0.1, -0.05) is 38.7 Å². The van der Waals surface area contributed by atoms with Gasteiger partial charge in [0.2, 0.25) is 0 Å². The number of hydrogen-bond donors (Lipinski definition) is 0. The lowest BCUT2D eigenvalue weighted by Crippen LogP contribution is -2.18. The Bertz CT molecular complexity index is 382. The van der Waals surface area contributed by atoms with Crippen molar-refractivity contribution in [3.05, 3.63) is 29.8 Å². The summed E-state index contributed by atoms with van der Waals surface area (Å²) in [5, 5.41) is 0.676. The van der Waals surface area contributed by atoms with Crippen LogP contribution >= 0.6 is 11.2 Å². The molecule has 0 amide bonds. The van der Waals surface area contributed by atoms with E-state index in [1.54, 1.807) is 0 Å². The van der Waals surface area contributed by atoms with Gasteiger partial charge in [-0.3, -0.25) is 4.99 Å². The SMILES string of the molecule is Cc1cccc(N=CCC(C)S[Si](C)(C)C)c1. The van der Waals surface area contributed by atoms with Gasteiger partial charge in [0.25, 0.3) is 0 Å². The maximum atomic E-state index is 4.51. The summed E-state index contributed by atoms with van der Waals surface area (Å²) in [5.41, 5.74) is 2.33. The summed E-state index contributed by atoms with van der Waals surface area (Å²) in [6.07, 6.45) is 3.12. The van der Waals surface area contributed by atoms with Crippen LogP contribution in [-0.2, 0) is 0 Å². The first-order valence-electron chi connectivity index (χ1n) is 6.14. The highest BCUT2D eigenvalue weighted by molar-refractivity contribution is 8.29. The number of aryl methyl sites for hydroxylation is 1. The summed E-state index contributed by atoms with van der Waals surface area (Å²) in [7, 11) is -1.00. The van der Waals surface area contributed by atoms with Crippen molar-refractivity contribution >= 4 is 30.3 Å². The van der Waals surface area contributed by atoms with Crippen molar-refractivity contribution in [3.63, 3.8) is 0 Å². The Morgan fingerprint density at radius 3 is 2.65 bits per heavy atom. The molecule has 94 valence electrons. The van der Waals surface area contributed by atoms with E-state index in [0.717, 1.165) is 12.1 Å². The van der Waals surface area contributed by atoms with Crippen LogP contribution in [0.15, 0.2) is 29.3 Å². The predicted octanol–water partition coefficient (Wildman–Crippen LogP) is 5.04. The zero-order chi connectivity index (χ0) is 12.9. The Balaban J connectivity index is 2.45. The summed E-state index contributed by atoms with van der Waals surface area (Å²) in [4.78, 5) is 4.51. The third-order valence-corrected chi connectivity index (χ3v) is 6.86. The smallest absolute Gasteiger partial charge is 0.108 e. The average Bonchev–Trinajstić information content (AvgIpc) is 2.14. The van der Waals surface area contributed by atoms with Crippen LogP contribution in [0.2, 0.25) is 19.6 Å². The molecule has 0 N–H and O–H groups in total. The Hall–Kier alpha value is -0.543. The van der Waals surface area contributed by atoms with Crippen LogP contribution in [0.25, 0.3) is 0 Å². The van der Waals surface area contributed by atoms with E-state index in [-0.39, 0.29) is 0 Å². The summed E-state index contributed by atoms with van der Waals surface area (Å²) in [5.74, 6) is 0. The van der Waals surface area contributed by atoms with Crippen LogP contribution in [0.5, 0.6) is 0 Å². The van der Waals surface area contributed by atoms with Crippen molar-refractivity contribution in [1.82, 2.24) is 0 Å². The van der Waals surface area contributed by atoms with Gasteiger partial charge in [-0.25, -0.2) is 0 Å². The highest BCUT2D eigenvalue weighted by Gasteiger charge is 2.17. The molecule has 0 heterocycles. The lowest BCUT2D eigenvalue weighted by Gasteiger charge is -2.19. The molecule has 0 saturated heterocycles. The van der Waals surface area contributed by atoms with Crippen molar-refractivity contribution in [2.75, 3.05) is 0 Å². The van der Waals surface area contributed by atoms with E-state index in [4.69, 9.17) is 0 Å². The molecule has 0 aliphatic rings. The monoisotopic (exact) mass is 265 g/mol. The molecular formula is C14H23NSSi. The minimum absolute atomic E-state index is 0.676. The standard InChI is InChI=1S/C14H23NSSi/c1-12-7-6-8-14(11-12)15-10-9-13(2)16-17(3,4)5/h6-8,10-11,13H,9H2,1-5H3. The van der Waals surface area contributed by atoms with E-state index >= 15 is 0 Å². The largest absolute Gasteiger partial charge is 0.261 e. The summed E-state index contributed by atoms with van der Waals surface area (Å²) in [6.45, 7) is 11.6. The molecule has 1 unspecified atom stereocenters. The van der Waals surface area contributed by atoms with E-state index in [2.05, 4.69) is 80.2 Å². The molecule has 17 heavy (non-hydrogen) atoms. The van der Waals surface area contributed by atoms with Crippen molar-refractivity contribution in [3.8, 4) is 0 Å². The second-order valence-electron chi connectivity index (χ2n) is 5.43. The Morgan fingerprint density at radius 2 is 2.06 bits per heavy atom. The molecule has 1 rings (SSSR count). The lowest BCUT2D eigenvalue weighted by atomic mass is 10.2. The summed E-state index contributed by atoms with van der Waals surface area (Å²) < 4.78 is 0. The minimum Gasteiger partial charge on any atom is -0.261 e. The number of benzene rings is 1. The van der Waals surface area contributed by atoms with Gasteiger partial charge < -0.3 is 0 Å². The van der Waals surface area contributed by atoms with Crippen molar-refractivity contribution < 1.29 is 0 Å². The van der Waals surface area contributed by atoms with Crippen molar-refractivity contribution in [2.24, 2.45) is 4.99 Å². The third kappa shape index (κ3) is 6.69. The molecule has 0 fully saturated rings. The maximum absolute atomic E-state index is 4.51. The molecule has 1 atom stereocenters. The fourth-order valence-electron chi connectivity index (χ4n) is 1.67. The molecule has 3 heteroatoms. The fourth-order valence-corrected chi connectivity index (χ4v) is 6.97. The van der Waals surface area contributed by atoms with E-state index in [0.29, 0.717) is 5.25 Å². The molecule has 0 bridgehead atoms. The van der Waals surface area contributed by atoms with Gasteiger partial charge >= 0.3 is 0 Å². The first-order chi connectivity index (χ1) is 7.87. The molecule has 0 spiro atoms. The summed E-state index contributed by atoms with van der Waals surface area (Å²) >= 11 is 2.14. The average molecular weight is 265 g/mol. The zero-order valence-corrected chi connectivity index (χ0v) is 13.3. The number of rotatable bonds is 5. The van der Waals surface area contributed by atoms with Gasteiger partial charge in [0.05, 0.1) is 5.69 Å². The first-order valence-corrected chi connectivity index (χ1v) is 11.2. The van der Waals surface area contributed by atoms with E-state index < -0.39 is 7.22 Å².